The minimum Gasteiger partial charge on any atom is -0.381 e. The Morgan fingerprint density at radius 1 is 0.558 bits per heavy atom. The summed E-state index contributed by atoms with van der Waals surface area (Å²) in [6, 6.07) is 0. The number of halogens is 4. The van der Waals surface area contributed by atoms with Crippen LogP contribution >= 0.6 is 44.3 Å². The largest absolute Gasteiger partial charge is 0.381 e. The van der Waals surface area contributed by atoms with Gasteiger partial charge in [-0.2, -0.15) is 0 Å². The molecule has 2 unspecified atom stereocenters. The van der Waals surface area contributed by atoms with Crippen molar-refractivity contribution in [1.29, 1.82) is 0 Å². The summed E-state index contributed by atoms with van der Waals surface area (Å²) in [6.45, 7) is 25.3. The Labute approximate surface area is 298 Å². The molecule has 0 aliphatic rings. The van der Waals surface area contributed by atoms with Crippen LogP contribution in [0.4, 0.5) is 0 Å². The summed E-state index contributed by atoms with van der Waals surface area (Å²) in [6.07, 6.45) is 5.94. The van der Waals surface area contributed by atoms with Gasteiger partial charge in [-0.3, -0.25) is 0 Å². The zero-order valence-corrected chi connectivity index (χ0v) is 37.2. The highest BCUT2D eigenvalue weighted by Gasteiger charge is 2.35. The monoisotopic (exact) mass is 766 g/mol. The first-order chi connectivity index (χ1) is 20.0. The number of rotatable bonds is 24. The molecule has 0 spiro atoms. The second-order valence-electron chi connectivity index (χ2n) is 12.7. The maximum Gasteiger partial charge on any atom is 0.280 e. The van der Waals surface area contributed by atoms with E-state index in [0.29, 0.717) is 51.9 Å². The highest BCUT2D eigenvalue weighted by atomic mass is 35.7. The molecule has 242 valence electrons. The van der Waals surface area contributed by atoms with Crippen molar-refractivity contribution in [2.24, 2.45) is 0 Å². The predicted octanol–water partition coefficient (Wildman–Crippen LogP) is 9.57. The summed E-state index contributed by atoms with van der Waals surface area (Å²) in [5, 5.41) is -0.172. The van der Waals surface area contributed by atoms with Crippen LogP contribution in [0.1, 0.15) is 108 Å². The molecule has 0 aliphatic heterocycles. The van der Waals surface area contributed by atoms with E-state index in [9.17, 15) is 0 Å². The minimum absolute atomic E-state index is 0.0858. The van der Waals surface area contributed by atoms with Gasteiger partial charge in [0.05, 0.1) is 0 Å². The predicted molar refractivity (Wildman–Crippen MR) is 204 cm³/mol. The van der Waals surface area contributed by atoms with Gasteiger partial charge < -0.3 is 13.2 Å². The zero-order valence-electron chi connectivity index (χ0n) is 28.2. The van der Waals surface area contributed by atoms with Crippen molar-refractivity contribution in [2.75, 3.05) is 26.3 Å². The van der Waals surface area contributed by atoms with Crippen LogP contribution < -0.4 is 0 Å². The van der Waals surface area contributed by atoms with Crippen LogP contribution in [-0.4, -0.2) is 88.3 Å². The smallest absolute Gasteiger partial charge is 0.280 e. The molecule has 2 atom stereocenters. The van der Waals surface area contributed by atoms with Gasteiger partial charge in [0.25, 0.3) is 14.8 Å². The van der Waals surface area contributed by atoms with Gasteiger partial charge in [-0.15, -0.1) is 44.3 Å². The number of allylic oxidation sites excluding steroid dienone is 4. The highest BCUT2D eigenvalue weighted by Crippen LogP contribution is 2.44. The van der Waals surface area contributed by atoms with Crippen molar-refractivity contribution in [3.05, 3.63) is 45.1 Å². The molecule has 0 aromatic heterocycles. The van der Waals surface area contributed by atoms with Gasteiger partial charge in [-0.25, -0.2) is 0 Å². The van der Waals surface area contributed by atoms with E-state index in [-0.39, 0.29) is 10.1 Å². The SMILES string of the molecule is CC(C)=C[Si]N(CCCC(C)(CCOCCC(C)(CCCN([Si]C=C(C)C)[Si]C=C(C)C)[Si](Cl)Cl)[Si](Cl)Cl)[Si]C=C(C)C. The summed E-state index contributed by atoms with van der Waals surface area (Å²) < 4.78 is 11.3. The van der Waals surface area contributed by atoms with E-state index in [1.54, 1.807) is 0 Å². The second-order valence-corrected chi connectivity index (χ2v) is 27.1. The van der Waals surface area contributed by atoms with Crippen LogP contribution in [-0.2, 0) is 4.74 Å². The number of hydrogen-bond donors (Lipinski definition) is 0. The summed E-state index contributed by atoms with van der Waals surface area (Å²) in [5.74, 6) is 0. The zero-order chi connectivity index (χ0) is 33.1. The molecule has 13 heteroatoms. The van der Waals surface area contributed by atoms with Crippen molar-refractivity contribution in [3.63, 3.8) is 0 Å². The molecule has 0 aromatic rings. The molecule has 0 amide bonds. The van der Waals surface area contributed by atoms with E-state index in [1.165, 1.54) is 22.3 Å². The molecule has 0 heterocycles. The molecular formula is C30H54Cl4N2OSi6. The lowest BCUT2D eigenvalue weighted by Crippen LogP contribution is -2.33. The Kier molecular flexibility index (Phi) is 25.2. The van der Waals surface area contributed by atoms with E-state index in [0.717, 1.165) is 51.6 Å². The van der Waals surface area contributed by atoms with Crippen molar-refractivity contribution < 1.29 is 4.74 Å². The summed E-state index contributed by atoms with van der Waals surface area (Å²) in [7, 11) is -0.183. The highest BCUT2D eigenvalue weighted by molar-refractivity contribution is 7.35. The quantitative estimate of drug-likeness (QED) is 0.0553. The maximum atomic E-state index is 6.64. The minimum atomic E-state index is -1.51. The lowest BCUT2D eigenvalue weighted by Gasteiger charge is -2.32. The fourth-order valence-corrected chi connectivity index (χ4v) is 11.5. The fourth-order valence-electron chi connectivity index (χ4n) is 3.74. The molecule has 0 fully saturated rings. The second kappa shape index (κ2) is 24.4. The molecule has 0 saturated heterocycles. The van der Waals surface area contributed by atoms with E-state index in [4.69, 9.17) is 49.1 Å². The standard InChI is InChI=1S/C30H54Cl4N2OSi6/c1-25(2)21-38-35(39-22-26(3)4)17-11-13-29(9,42(31)32)15-19-37-20-16-30(10,43(33)34)14-12-18-36(40-23-27(5)6)41-24-28(7)8/h21-24H,11-20H2,1-10H3. The number of ether oxygens (including phenoxy) is 1. The van der Waals surface area contributed by atoms with Crippen molar-refractivity contribution in [2.45, 2.75) is 118 Å². The summed E-state index contributed by atoms with van der Waals surface area (Å²) in [4.78, 5) is 0. The Morgan fingerprint density at radius 2 is 0.837 bits per heavy atom. The Morgan fingerprint density at radius 3 is 1.07 bits per heavy atom. The Hall–Kier alpha value is 1.30. The van der Waals surface area contributed by atoms with Gasteiger partial charge >= 0.3 is 0 Å². The molecule has 10 radical (unpaired) electrons. The van der Waals surface area contributed by atoms with Crippen molar-refractivity contribution >= 4 is 97.9 Å². The average Bonchev–Trinajstić information content (AvgIpc) is 2.90. The Balaban J connectivity index is 4.90. The number of nitrogens with zero attached hydrogens (tertiary/aromatic N) is 2. The van der Waals surface area contributed by atoms with E-state index in [2.05, 4.69) is 100 Å². The third-order valence-corrected chi connectivity index (χ3v) is 21.6. The first kappa shape index (κ1) is 44.3. The normalized spacial score (nSPS) is 14.6. The molecule has 0 N–H and O–H groups in total. The van der Waals surface area contributed by atoms with Gasteiger partial charge in [0.15, 0.2) is 38.7 Å². The molecule has 0 aliphatic carbocycles. The van der Waals surface area contributed by atoms with E-state index >= 15 is 0 Å². The summed E-state index contributed by atoms with van der Waals surface area (Å²) in [5.41, 5.74) is 14.8. The fraction of sp³-hybridized carbons (Fsp3) is 0.733. The van der Waals surface area contributed by atoms with Gasteiger partial charge in [0.1, 0.15) is 0 Å². The molecule has 3 nitrogen and oxygen atoms in total. The number of hydrogen-bond acceptors (Lipinski definition) is 3. The van der Waals surface area contributed by atoms with Crippen LogP contribution in [0.3, 0.4) is 0 Å². The van der Waals surface area contributed by atoms with Gasteiger partial charge in [-0.1, -0.05) is 58.9 Å². The van der Waals surface area contributed by atoms with Crippen LogP contribution in [0.2, 0.25) is 10.1 Å². The lowest BCUT2D eigenvalue weighted by molar-refractivity contribution is 0.112. The molecule has 0 aromatic carbocycles. The maximum absolute atomic E-state index is 6.64. The van der Waals surface area contributed by atoms with Crippen LogP contribution in [0, 0.1) is 0 Å². The lowest BCUT2D eigenvalue weighted by atomic mass is 10.00. The average molecular weight is 769 g/mol. The third kappa shape index (κ3) is 22.5. The molecular weight excluding hydrogens is 715 g/mol. The first-order valence-electron chi connectivity index (χ1n) is 15.1. The molecule has 0 bridgehead atoms. The first-order valence-corrected chi connectivity index (χ1v) is 26.2. The van der Waals surface area contributed by atoms with Crippen LogP contribution in [0.15, 0.2) is 45.1 Å². The topological polar surface area (TPSA) is 15.7 Å². The molecule has 0 saturated carbocycles. The Bertz CT molecular complexity index is 780. The molecule has 43 heavy (non-hydrogen) atoms. The van der Waals surface area contributed by atoms with Gasteiger partial charge in [-0.05, 0) is 117 Å². The van der Waals surface area contributed by atoms with Crippen molar-refractivity contribution in [3.8, 4) is 0 Å². The van der Waals surface area contributed by atoms with E-state index < -0.39 is 14.8 Å². The van der Waals surface area contributed by atoms with Crippen molar-refractivity contribution in [1.82, 2.24) is 8.46 Å². The van der Waals surface area contributed by atoms with E-state index in [1.807, 2.05) is 0 Å². The van der Waals surface area contributed by atoms with Crippen LogP contribution in [0.25, 0.3) is 0 Å². The van der Waals surface area contributed by atoms with Gasteiger partial charge in [0, 0.05) is 13.2 Å². The summed E-state index contributed by atoms with van der Waals surface area (Å²) >= 11 is 26.5. The third-order valence-electron chi connectivity index (χ3n) is 6.77. The van der Waals surface area contributed by atoms with Crippen LogP contribution in [0.5, 0.6) is 0 Å². The molecule has 0 rings (SSSR count). The van der Waals surface area contributed by atoms with Gasteiger partial charge in [0.2, 0.25) is 0 Å².